The van der Waals surface area contributed by atoms with Crippen LogP contribution in [0.4, 0.5) is 0 Å². The molecule has 0 amide bonds. The summed E-state index contributed by atoms with van der Waals surface area (Å²) in [7, 11) is 4.73. The highest BCUT2D eigenvalue weighted by atomic mass is 35.5. The van der Waals surface area contributed by atoms with Crippen LogP contribution in [0, 0.1) is 0 Å². The summed E-state index contributed by atoms with van der Waals surface area (Å²) in [5.74, 6) is 1.92. The van der Waals surface area contributed by atoms with Crippen molar-refractivity contribution in [3.63, 3.8) is 0 Å². The van der Waals surface area contributed by atoms with E-state index in [2.05, 4.69) is 13.5 Å². The lowest BCUT2D eigenvalue weighted by Crippen LogP contribution is -2.02. The number of ether oxygens (including phenoxy) is 3. The average molecular weight is 271 g/mol. The van der Waals surface area contributed by atoms with Gasteiger partial charge in [0, 0.05) is 5.56 Å². The molecule has 0 radical (unpaired) electrons. The lowest BCUT2D eigenvalue weighted by atomic mass is 9.96. The van der Waals surface area contributed by atoms with E-state index in [1.165, 1.54) is 0 Å². The quantitative estimate of drug-likeness (QED) is 0.730. The molecule has 18 heavy (non-hydrogen) atoms. The second-order valence-electron chi connectivity index (χ2n) is 3.97. The Morgan fingerprint density at radius 3 is 2.17 bits per heavy atom. The van der Waals surface area contributed by atoms with Crippen molar-refractivity contribution in [1.82, 2.24) is 0 Å². The lowest BCUT2D eigenvalue weighted by Gasteiger charge is -2.20. The van der Waals surface area contributed by atoms with Crippen molar-refractivity contribution >= 4 is 11.6 Å². The molecule has 0 saturated heterocycles. The Hall–Kier alpha value is -1.35. The first-order valence-corrected chi connectivity index (χ1v) is 6.07. The van der Waals surface area contributed by atoms with Crippen molar-refractivity contribution in [2.24, 2.45) is 0 Å². The number of halogens is 1. The normalized spacial score (nSPS) is 11.8. The summed E-state index contributed by atoms with van der Waals surface area (Å²) in [6, 6.07) is 1.86. The molecule has 1 aromatic carbocycles. The van der Waals surface area contributed by atoms with E-state index in [0.29, 0.717) is 22.3 Å². The van der Waals surface area contributed by atoms with E-state index < -0.39 is 0 Å². The maximum Gasteiger partial charge on any atom is 0.205 e. The van der Waals surface area contributed by atoms with Crippen LogP contribution in [0.2, 0.25) is 5.02 Å². The minimum Gasteiger partial charge on any atom is -0.492 e. The minimum absolute atomic E-state index is 0.245. The number of benzene rings is 1. The van der Waals surface area contributed by atoms with E-state index >= 15 is 0 Å². The highest BCUT2D eigenvalue weighted by Crippen LogP contribution is 2.47. The molecule has 3 nitrogen and oxygen atoms in total. The van der Waals surface area contributed by atoms with Gasteiger partial charge in [-0.05, 0) is 18.4 Å². The fourth-order valence-corrected chi connectivity index (χ4v) is 2.22. The van der Waals surface area contributed by atoms with Crippen LogP contribution >= 0.6 is 11.6 Å². The minimum atomic E-state index is 0.245. The highest BCUT2D eigenvalue weighted by molar-refractivity contribution is 6.32. The van der Waals surface area contributed by atoms with Crippen molar-refractivity contribution in [2.75, 3.05) is 21.3 Å². The van der Waals surface area contributed by atoms with E-state index in [1.807, 2.05) is 12.1 Å². The van der Waals surface area contributed by atoms with Gasteiger partial charge in [-0.1, -0.05) is 24.6 Å². The maximum atomic E-state index is 6.20. The molecule has 0 N–H and O–H groups in total. The van der Waals surface area contributed by atoms with Gasteiger partial charge >= 0.3 is 0 Å². The van der Waals surface area contributed by atoms with Gasteiger partial charge in [-0.25, -0.2) is 0 Å². The monoisotopic (exact) mass is 270 g/mol. The van der Waals surface area contributed by atoms with Crippen LogP contribution < -0.4 is 14.2 Å². The zero-order valence-corrected chi connectivity index (χ0v) is 12.0. The average Bonchev–Trinajstić information content (AvgIpc) is 2.37. The fourth-order valence-electron chi connectivity index (χ4n) is 1.94. The predicted octanol–water partition coefficient (Wildman–Crippen LogP) is 4.05. The number of hydrogen-bond donors (Lipinski definition) is 0. The molecule has 4 heteroatoms. The van der Waals surface area contributed by atoms with E-state index in [9.17, 15) is 0 Å². The van der Waals surface area contributed by atoms with Crippen LogP contribution in [0.5, 0.6) is 17.2 Å². The fraction of sp³-hybridized carbons (Fsp3) is 0.429. The Morgan fingerprint density at radius 2 is 1.72 bits per heavy atom. The largest absolute Gasteiger partial charge is 0.492 e. The standard InChI is InChI=1S/C14H19ClO3/c1-6-7-9(2)10-8-11(15)13(17-4)14(18-5)12(10)16-3/h6,8-9H,1,7H2,2-5H3. The van der Waals surface area contributed by atoms with Gasteiger partial charge in [-0.2, -0.15) is 0 Å². The predicted molar refractivity (Wildman–Crippen MR) is 74.3 cm³/mol. The molecule has 0 aromatic heterocycles. The molecule has 0 aliphatic heterocycles. The second kappa shape index (κ2) is 6.55. The van der Waals surface area contributed by atoms with Gasteiger partial charge in [0.25, 0.3) is 0 Å². The molecule has 1 rings (SSSR count). The highest BCUT2D eigenvalue weighted by Gasteiger charge is 2.22. The number of hydrogen-bond acceptors (Lipinski definition) is 3. The molecule has 100 valence electrons. The molecular weight excluding hydrogens is 252 g/mol. The maximum absolute atomic E-state index is 6.20. The molecule has 0 spiro atoms. The van der Waals surface area contributed by atoms with Crippen LogP contribution in [0.25, 0.3) is 0 Å². The summed E-state index contributed by atoms with van der Waals surface area (Å²) < 4.78 is 16.0. The summed E-state index contributed by atoms with van der Waals surface area (Å²) in [5, 5.41) is 0.515. The van der Waals surface area contributed by atoms with Crippen LogP contribution in [0.15, 0.2) is 18.7 Å². The molecule has 0 saturated carbocycles. The van der Waals surface area contributed by atoms with Crippen LogP contribution in [-0.2, 0) is 0 Å². The van der Waals surface area contributed by atoms with Crippen molar-refractivity contribution in [3.05, 3.63) is 29.3 Å². The number of allylic oxidation sites excluding steroid dienone is 1. The summed E-state index contributed by atoms with van der Waals surface area (Å²) in [6.45, 7) is 5.84. The first-order valence-electron chi connectivity index (χ1n) is 5.69. The van der Waals surface area contributed by atoms with E-state index in [-0.39, 0.29) is 5.92 Å². The third kappa shape index (κ3) is 2.72. The Kier molecular flexibility index (Phi) is 5.35. The van der Waals surface area contributed by atoms with Gasteiger partial charge in [0.15, 0.2) is 11.5 Å². The van der Waals surface area contributed by atoms with Gasteiger partial charge in [0.2, 0.25) is 5.75 Å². The summed E-state index contributed by atoms with van der Waals surface area (Å²) in [6.07, 6.45) is 2.71. The first kappa shape index (κ1) is 14.7. The number of methoxy groups -OCH3 is 3. The topological polar surface area (TPSA) is 27.7 Å². The van der Waals surface area contributed by atoms with Crippen molar-refractivity contribution in [3.8, 4) is 17.2 Å². The summed E-state index contributed by atoms with van der Waals surface area (Å²) in [4.78, 5) is 0. The second-order valence-corrected chi connectivity index (χ2v) is 4.38. The zero-order chi connectivity index (χ0) is 13.7. The van der Waals surface area contributed by atoms with Crippen molar-refractivity contribution in [1.29, 1.82) is 0 Å². The Labute approximate surface area is 113 Å². The molecule has 0 bridgehead atoms. The third-order valence-corrected chi connectivity index (χ3v) is 3.12. The zero-order valence-electron chi connectivity index (χ0n) is 11.2. The van der Waals surface area contributed by atoms with Crippen LogP contribution in [0.1, 0.15) is 24.8 Å². The van der Waals surface area contributed by atoms with Gasteiger partial charge in [-0.15, -0.1) is 6.58 Å². The Balaban J connectivity index is 3.43. The molecule has 1 atom stereocenters. The van der Waals surface area contributed by atoms with Gasteiger partial charge < -0.3 is 14.2 Å². The molecule has 1 aromatic rings. The molecular formula is C14H19ClO3. The van der Waals surface area contributed by atoms with Gasteiger partial charge in [0.05, 0.1) is 26.4 Å². The lowest BCUT2D eigenvalue weighted by molar-refractivity contribution is 0.321. The van der Waals surface area contributed by atoms with Gasteiger partial charge in [-0.3, -0.25) is 0 Å². The summed E-state index contributed by atoms with van der Waals surface area (Å²) in [5.41, 5.74) is 0.986. The van der Waals surface area contributed by atoms with E-state index in [0.717, 1.165) is 12.0 Å². The number of rotatable bonds is 6. The smallest absolute Gasteiger partial charge is 0.205 e. The van der Waals surface area contributed by atoms with Gasteiger partial charge in [0.1, 0.15) is 0 Å². The van der Waals surface area contributed by atoms with Crippen molar-refractivity contribution in [2.45, 2.75) is 19.3 Å². The summed E-state index contributed by atoms with van der Waals surface area (Å²) >= 11 is 6.20. The van der Waals surface area contributed by atoms with E-state index in [4.69, 9.17) is 25.8 Å². The SMILES string of the molecule is C=CCC(C)c1cc(Cl)c(OC)c(OC)c1OC. The van der Waals surface area contributed by atoms with Crippen LogP contribution in [0.3, 0.4) is 0 Å². The molecule has 1 unspecified atom stereocenters. The molecule has 0 aliphatic rings. The van der Waals surface area contributed by atoms with E-state index in [1.54, 1.807) is 21.3 Å². The van der Waals surface area contributed by atoms with Crippen LogP contribution in [-0.4, -0.2) is 21.3 Å². The van der Waals surface area contributed by atoms with Crippen molar-refractivity contribution < 1.29 is 14.2 Å². The first-order chi connectivity index (χ1) is 8.60. The molecule has 0 aliphatic carbocycles. The Bertz CT molecular complexity index is 430. The Morgan fingerprint density at radius 1 is 1.17 bits per heavy atom. The third-order valence-electron chi connectivity index (χ3n) is 2.84. The molecule has 0 fully saturated rings. The molecule has 0 heterocycles.